The van der Waals surface area contributed by atoms with Gasteiger partial charge >= 0.3 is 0 Å². The number of nitrogens with one attached hydrogen (secondary N) is 1. The third kappa shape index (κ3) is 3.34. The highest BCUT2D eigenvalue weighted by molar-refractivity contribution is 9.10. The fourth-order valence-electron chi connectivity index (χ4n) is 1.61. The summed E-state index contributed by atoms with van der Waals surface area (Å²) in [6, 6.07) is 10.8. The van der Waals surface area contributed by atoms with Gasteiger partial charge in [-0.15, -0.1) is 0 Å². The van der Waals surface area contributed by atoms with Crippen LogP contribution < -0.4 is 5.32 Å². The second-order valence-electron chi connectivity index (χ2n) is 3.88. The molecule has 2 aromatic rings. The fraction of sp³-hybridized carbons (Fsp3) is 0. The minimum absolute atomic E-state index is 0.0156. The van der Waals surface area contributed by atoms with E-state index < -0.39 is 10.8 Å². The van der Waals surface area contributed by atoms with E-state index in [9.17, 15) is 14.9 Å². The number of rotatable bonds is 3. The van der Waals surface area contributed by atoms with E-state index in [-0.39, 0.29) is 11.3 Å². The summed E-state index contributed by atoms with van der Waals surface area (Å²) >= 11 is 8.95. The van der Waals surface area contributed by atoms with E-state index >= 15 is 0 Å². The molecule has 1 amide bonds. The summed E-state index contributed by atoms with van der Waals surface area (Å²) < 4.78 is 0.531. The first kappa shape index (κ1) is 14.5. The number of hydrogen-bond acceptors (Lipinski definition) is 3. The number of benzene rings is 2. The molecule has 7 heteroatoms. The molecule has 0 unspecified atom stereocenters. The normalized spacial score (nSPS) is 10.1. The maximum atomic E-state index is 12.1. The van der Waals surface area contributed by atoms with E-state index in [4.69, 9.17) is 11.6 Å². The van der Waals surface area contributed by atoms with Crippen molar-refractivity contribution in [2.24, 2.45) is 0 Å². The van der Waals surface area contributed by atoms with Crippen molar-refractivity contribution >= 4 is 44.8 Å². The number of nitro groups is 1. The Morgan fingerprint density at radius 3 is 2.65 bits per heavy atom. The Labute approximate surface area is 127 Å². The van der Waals surface area contributed by atoms with Gasteiger partial charge in [0, 0.05) is 21.2 Å². The van der Waals surface area contributed by atoms with Gasteiger partial charge in [-0.25, -0.2) is 0 Å². The van der Waals surface area contributed by atoms with Crippen molar-refractivity contribution in [1.82, 2.24) is 0 Å². The summed E-state index contributed by atoms with van der Waals surface area (Å²) in [5.74, 6) is -0.563. The first-order valence-corrected chi connectivity index (χ1v) is 6.65. The lowest BCUT2D eigenvalue weighted by molar-refractivity contribution is -0.385. The second-order valence-corrected chi connectivity index (χ2v) is 5.24. The van der Waals surface area contributed by atoms with Crippen molar-refractivity contribution in [3.8, 4) is 0 Å². The zero-order valence-corrected chi connectivity index (χ0v) is 12.3. The molecule has 0 aromatic heterocycles. The van der Waals surface area contributed by atoms with Gasteiger partial charge in [0.25, 0.3) is 11.6 Å². The van der Waals surface area contributed by atoms with E-state index in [0.717, 1.165) is 0 Å². The topological polar surface area (TPSA) is 72.2 Å². The molecule has 0 fully saturated rings. The lowest BCUT2D eigenvalue weighted by Gasteiger charge is -2.06. The molecule has 102 valence electrons. The number of carbonyl (C=O) groups excluding carboxylic acids is 1. The number of nitrogens with zero attached hydrogens (tertiary/aromatic N) is 1. The summed E-state index contributed by atoms with van der Waals surface area (Å²) in [6.45, 7) is 0. The summed E-state index contributed by atoms with van der Waals surface area (Å²) in [6.07, 6.45) is 0. The molecule has 0 bridgehead atoms. The van der Waals surface area contributed by atoms with Gasteiger partial charge in [-0.1, -0.05) is 33.6 Å². The summed E-state index contributed by atoms with van der Waals surface area (Å²) in [4.78, 5) is 22.5. The molecule has 0 saturated heterocycles. The van der Waals surface area contributed by atoms with Crippen molar-refractivity contribution in [1.29, 1.82) is 0 Å². The molecule has 1 N–H and O–H groups in total. The van der Waals surface area contributed by atoms with Crippen molar-refractivity contribution in [3.63, 3.8) is 0 Å². The highest BCUT2D eigenvalue weighted by atomic mass is 79.9. The number of nitro benzene ring substituents is 1. The van der Waals surface area contributed by atoms with Crippen LogP contribution in [0.4, 0.5) is 11.4 Å². The Bertz CT molecular complexity index is 691. The van der Waals surface area contributed by atoms with Gasteiger partial charge in [0.1, 0.15) is 5.56 Å². The number of hydrogen-bond donors (Lipinski definition) is 1. The van der Waals surface area contributed by atoms with Crippen molar-refractivity contribution in [2.45, 2.75) is 0 Å². The molecule has 0 saturated carbocycles. The van der Waals surface area contributed by atoms with Crippen LogP contribution in [0.15, 0.2) is 46.9 Å². The largest absolute Gasteiger partial charge is 0.322 e. The highest BCUT2D eigenvalue weighted by Gasteiger charge is 2.20. The van der Waals surface area contributed by atoms with Crippen molar-refractivity contribution in [2.75, 3.05) is 5.32 Å². The highest BCUT2D eigenvalue weighted by Crippen LogP contribution is 2.25. The van der Waals surface area contributed by atoms with Crippen LogP contribution >= 0.6 is 27.5 Å². The minimum Gasteiger partial charge on any atom is -0.322 e. The predicted octanol–water partition coefficient (Wildman–Crippen LogP) is 4.26. The van der Waals surface area contributed by atoms with E-state index in [2.05, 4.69) is 21.2 Å². The molecule has 0 spiro atoms. The lowest BCUT2D eigenvalue weighted by Crippen LogP contribution is -2.13. The fourth-order valence-corrected chi connectivity index (χ4v) is 2.15. The van der Waals surface area contributed by atoms with E-state index in [1.165, 1.54) is 12.1 Å². The maximum Gasteiger partial charge on any atom is 0.283 e. The standard InChI is InChI=1S/C13H8BrClN2O3/c14-8-4-5-11(12(6-8)17(19)20)13(18)16-10-3-1-2-9(15)7-10/h1-7H,(H,16,18). The van der Waals surface area contributed by atoms with Gasteiger partial charge in [-0.05, 0) is 30.3 Å². The third-order valence-electron chi connectivity index (χ3n) is 2.48. The lowest BCUT2D eigenvalue weighted by atomic mass is 10.1. The van der Waals surface area contributed by atoms with Gasteiger partial charge < -0.3 is 5.32 Å². The Morgan fingerprint density at radius 2 is 2.00 bits per heavy atom. The van der Waals surface area contributed by atoms with Crippen LogP contribution in [0.5, 0.6) is 0 Å². The number of halogens is 2. The first-order valence-electron chi connectivity index (χ1n) is 5.48. The molecular weight excluding hydrogens is 348 g/mol. The maximum absolute atomic E-state index is 12.1. The molecule has 0 aliphatic carbocycles. The molecule has 20 heavy (non-hydrogen) atoms. The smallest absolute Gasteiger partial charge is 0.283 e. The van der Waals surface area contributed by atoms with E-state index in [0.29, 0.717) is 15.2 Å². The van der Waals surface area contributed by atoms with Crippen LogP contribution in [0.2, 0.25) is 5.02 Å². The zero-order valence-electron chi connectivity index (χ0n) is 9.97. The zero-order chi connectivity index (χ0) is 14.7. The van der Waals surface area contributed by atoms with Gasteiger partial charge in [-0.2, -0.15) is 0 Å². The third-order valence-corrected chi connectivity index (χ3v) is 3.21. The molecule has 2 rings (SSSR count). The quantitative estimate of drug-likeness (QED) is 0.660. The summed E-state index contributed by atoms with van der Waals surface area (Å²) in [7, 11) is 0. The number of carbonyl (C=O) groups is 1. The Balaban J connectivity index is 2.32. The Kier molecular flexibility index (Phi) is 4.36. The molecular formula is C13H8BrClN2O3. The molecule has 0 atom stereocenters. The van der Waals surface area contributed by atoms with Gasteiger partial charge in [0.2, 0.25) is 0 Å². The average molecular weight is 356 g/mol. The minimum atomic E-state index is -0.600. The second kappa shape index (κ2) is 6.02. The molecule has 0 aliphatic heterocycles. The predicted molar refractivity (Wildman–Crippen MR) is 80.2 cm³/mol. The Morgan fingerprint density at radius 1 is 1.25 bits per heavy atom. The van der Waals surface area contributed by atoms with Crippen LogP contribution in [0.3, 0.4) is 0 Å². The monoisotopic (exact) mass is 354 g/mol. The SMILES string of the molecule is O=C(Nc1cccc(Cl)c1)c1ccc(Br)cc1[N+](=O)[O-]. The molecule has 2 aromatic carbocycles. The van der Waals surface area contributed by atoms with E-state index in [1.807, 2.05) is 0 Å². The first-order chi connectivity index (χ1) is 9.47. The Hall–Kier alpha value is -1.92. The van der Waals surface area contributed by atoms with Gasteiger partial charge in [-0.3, -0.25) is 14.9 Å². The average Bonchev–Trinajstić information content (AvgIpc) is 2.38. The van der Waals surface area contributed by atoms with Crippen LogP contribution in [0, 0.1) is 10.1 Å². The molecule has 5 nitrogen and oxygen atoms in total. The van der Waals surface area contributed by atoms with Crippen LogP contribution in [0.1, 0.15) is 10.4 Å². The molecule has 0 heterocycles. The molecule has 0 radical (unpaired) electrons. The van der Waals surface area contributed by atoms with Crippen LogP contribution in [0.25, 0.3) is 0 Å². The van der Waals surface area contributed by atoms with Crippen molar-refractivity contribution < 1.29 is 9.72 Å². The van der Waals surface area contributed by atoms with Gasteiger partial charge in [0.05, 0.1) is 4.92 Å². The summed E-state index contributed by atoms with van der Waals surface area (Å²) in [5.41, 5.74) is 0.191. The number of amides is 1. The van der Waals surface area contributed by atoms with Crippen LogP contribution in [-0.4, -0.2) is 10.8 Å². The molecule has 0 aliphatic rings. The van der Waals surface area contributed by atoms with Crippen molar-refractivity contribution in [3.05, 3.63) is 67.6 Å². The number of anilines is 1. The summed E-state index contributed by atoms with van der Waals surface area (Å²) in [5, 5.41) is 14.0. The van der Waals surface area contributed by atoms with Gasteiger partial charge in [0.15, 0.2) is 0 Å². The van der Waals surface area contributed by atoms with E-state index in [1.54, 1.807) is 30.3 Å². The van der Waals surface area contributed by atoms with Crippen LogP contribution in [-0.2, 0) is 0 Å².